The summed E-state index contributed by atoms with van der Waals surface area (Å²) < 4.78 is 0. The van der Waals surface area contributed by atoms with Crippen molar-refractivity contribution in [1.29, 1.82) is 0 Å². The standard InChI is InChI=1S/C18H20N6O2/c1-2-14(25)12-7-9-24(16(12)19)15-6-5-13(17(20)26)18(23-15)22-11-4-3-8-21-10-11/h2-6,8,10,12,16H,1,7,9,19H2,(H2,20,26)(H,22,23). The molecule has 5 N–H and O–H groups in total. The number of hydrogen-bond donors (Lipinski definition) is 3. The summed E-state index contributed by atoms with van der Waals surface area (Å²) in [6.45, 7) is 4.11. The lowest BCUT2D eigenvalue weighted by Crippen LogP contribution is -2.43. The van der Waals surface area contributed by atoms with Gasteiger partial charge in [0.1, 0.15) is 11.6 Å². The average molecular weight is 352 g/mol. The van der Waals surface area contributed by atoms with Crippen molar-refractivity contribution in [3.63, 3.8) is 0 Å². The maximum Gasteiger partial charge on any atom is 0.252 e. The molecule has 1 aliphatic rings. The van der Waals surface area contributed by atoms with Crippen molar-refractivity contribution in [2.45, 2.75) is 12.6 Å². The molecule has 2 atom stereocenters. The van der Waals surface area contributed by atoms with Crippen LogP contribution in [0.3, 0.4) is 0 Å². The first kappa shape index (κ1) is 17.6. The highest BCUT2D eigenvalue weighted by Crippen LogP contribution is 2.29. The van der Waals surface area contributed by atoms with Gasteiger partial charge in [0.05, 0.1) is 29.5 Å². The number of aromatic nitrogens is 2. The van der Waals surface area contributed by atoms with Gasteiger partial charge in [-0.1, -0.05) is 6.58 Å². The van der Waals surface area contributed by atoms with Crippen LogP contribution in [0.25, 0.3) is 0 Å². The van der Waals surface area contributed by atoms with Crippen LogP contribution in [0.1, 0.15) is 16.8 Å². The van der Waals surface area contributed by atoms with Crippen molar-refractivity contribution in [3.05, 3.63) is 54.9 Å². The van der Waals surface area contributed by atoms with Gasteiger partial charge in [0.25, 0.3) is 5.91 Å². The molecule has 8 nitrogen and oxygen atoms in total. The summed E-state index contributed by atoms with van der Waals surface area (Å²) in [5.41, 5.74) is 12.6. The molecule has 26 heavy (non-hydrogen) atoms. The third kappa shape index (κ3) is 3.40. The van der Waals surface area contributed by atoms with Gasteiger partial charge in [0.15, 0.2) is 5.78 Å². The lowest BCUT2D eigenvalue weighted by atomic mass is 10.0. The van der Waals surface area contributed by atoms with Crippen LogP contribution < -0.4 is 21.7 Å². The first-order valence-corrected chi connectivity index (χ1v) is 8.17. The third-order valence-electron chi connectivity index (χ3n) is 4.38. The van der Waals surface area contributed by atoms with E-state index in [0.29, 0.717) is 30.3 Å². The minimum absolute atomic E-state index is 0.0811. The maximum atomic E-state index is 11.9. The number of amides is 1. The van der Waals surface area contributed by atoms with E-state index in [0.717, 1.165) is 0 Å². The van der Waals surface area contributed by atoms with Crippen molar-refractivity contribution >= 4 is 29.0 Å². The van der Waals surface area contributed by atoms with E-state index in [1.165, 1.54) is 6.08 Å². The Labute approximate surface area is 150 Å². The SMILES string of the molecule is C=CC(=O)C1CCN(c2ccc(C(N)=O)c(Nc3cccnc3)n2)C1N. The Kier molecular flexibility index (Phi) is 4.94. The normalized spacial score (nSPS) is 19.2. The van der Waals surface area contributed by atoms with Gasteiger partial charge in [-0.2, -0.15) is 0 Å². The smallest absolute Gasteiger partial charge is 0.252 e. The molecule has 1 aliphatic heterocycles. The monoisotopic (exact) mass is 352 g/mol. The van der Waals surface area contributed by atoms with Crippen LogP contribution in [-0.4, -0.2) is 34.4 Å². The van der Waals surface area contributed by atoms with E-state index in [1.807, 2.05) is 4.90 Å². The average Bonchev–Trinajstić information content (AvgIpc) is 3.03. The van der Waals surface area contributed by atoms with Crippen molar-refractivity contribution < 1.29 is 9.59 Å². The largest absolute Gasteiger partial charge is 0.365 e. The van der Waals surface area contributed by atoms with Crippen molar-refractivity contribution in [3.8, 4) is 0 Å². The Bertz CT molecular complexity index is 839. The van der Waals surface area contributed by atoms with E-state index in [1.54, 1.807) is 36.7 Å². The topological polar surface area (TPSA) is 127 Å². The van der Waals surface area contributed by atoms with Crippen LogP contribution in [0.15, 0.2) is 49.3 Å². The van der Waals surface area contributed by atoms with Crippen molar-refractivity contribution in [1.82, 2.24) is 9.97 Å². The predicted octanol–water partition coefficient (Wildman–Crippen LogP) is 1.19. The molecule has 0 saturated carbocycles. The second kappa shape index (κ2) is 7.32. The highest BCUT2D eigenvalue weighted by Gasteiger charge is 2.35. The Hall–Kier alpha value is -3.26. The van der Waals surface area contributed by atoms with E-state index < -0.39 is 12.1 Å². The first-order chi connectivity index (χ1) is 12.5. The van der Waals surface area contributed by atoms with E-state index in [2.05, 4.69) is 21.9 Å². The molecule has 2 aromatic rings. The molecule has 0 radical (unpaired) electrons. The molecular weight excluding hydrogens is 332 g/mol. The Morgan fingerprint density at radius 1 is 1.35 bits per heavy atom. The Morgan fingerprint density at radius 3 is 2.81 bits per heavy atom. The van der Waals surface area contributed by atoms with Gasteiger partial charge in [0, 0.05) is 12.7 Å². The number of nitrogens with one attached hydrogen (secondary N) is 1. The van der Waals surface area contributed by atoms with E-state index in [9.17, 15) is 9.59 Å². The number of rotatable bonds is 6. The second-order valence-electron chi connectivity index (χ2n) is 5.98. The number of carbonyl (C=O) groups excluding carboxylic acids is 2. The number of primary amides is 1. The summed E-state index contributed by atoms with van der Waals surface area (Å²) in [6.07, 6.45) is 4.67. The molecule has 0 aromatic carbocycles. The predicted molar refractivity (Wildman–Crippen MR) is 98.9 cm³/mol. The van der Waals surface area contributed by atoms with Gasteiger partial charge in [-0.15, -0.1) is 0 Å². The van der Waals surface area contributed by atoms with Crippen LogP contribution in [0.4, 0.5) is 17.3 Å². The fourth-order valence-corrected chi connectivity index (χ4v) is 3.02. The molecule has 2 aromatic heterocycles. The van der Waals surface area contributed by atoms with Crippen LogP contribution in [0.5, 0.6) is 0 Å². The fraction of sp³-hybridized carbons (Fsp3) is 0.222. The fourth-order valence-electron chi connectivity index (χ4n) is 3.02. The van der Waals surface area contributed by atoms with Crippen LogP contribution in [0, 0.1) is 5.92 Å². The highest BCUT2D eigenvalue weighted by molar-refractivity contribution is 5.98. The number of pyridine rings is 2. The zero-order valence-corrected chi connectivity index (χ0v) is 14.1. The summed E-state index contributed by atoms with van der Waals surface area (Å²) in [5.74, 6) is -0.120. The van der Waals surface area contributed by atoms with Crippen LogP contribution in [-0.2, 0) is 4.79 Å². The first-order valence-electron chi connectivity index (χ1n) is 8.17. The second-order valence-corrected chi connectivity index (χ2v) is 5.98. The summed E-state index contributed by atoms with van der Waals surface area (Å²) in [6, 6.07) is 6.83. The van der Waals surface area contributed by atoms with E-state index >= 15 is 0 Å². The summed E-state index contributed by atoms with van der Waals surface area (Å²) in [4.78, 5) is 34.0. The van der Waals surface area contributed by atoms with Gasteiger partial charge in [-0.05, 0) is 36.8 Å². The number of anilines is 3. The summed E-state index contributed by atoms with van der Waals surface area (Å²) in [7, 11) is 0. The van der Waals surface area contributed by atoms with Gasteiger partial charge in [-0.3, -0.25) is 14.6 Å². The molecule has 1 amide bonds. The van der Waals surface area contributed by atoms with Gasteiger partial charge >= 0.3 is 0 Å². The zero-order chi connectivity index (χ0) is 18.7. The number of allylic oxidation sites excluding steroid dienone is 1. The number of nitrogens with two attached hydrogens (primary N) is 2. The highest BCUT2D eigenvalue weighted by atomic mass is 16.1. The van der Waals surface area contributed by atoms with Gasteiger partial charge < -0.3 is 21.7 Å². The molecule has 0 bridgehead atoms. The molecule has 8 heteroatoms. The minimum atomic E-state index is -0.596. The summed E-state index contributed by atoms with van der Waals surface area (Å²) >= 11 is 0. The molecule has 0 spiro atoms. The van der Waals surface area contributed by atoms with Gasteiger partial charge in [-0.25, -0.2) is 4.98 Å². The van der Waals surface area contributed by atoms with E-state index in [4.69, 9.17) is 11.5 Å². The number of carbonyl (C=O) groups is 2. The van der Waals surface area contributed by atoms with Crippen molar-refractivity contribution in [2.24, 2.45) is 17.4 Å². The maximum absolute atomic E-state index is 11.9. The number of ketones is 1. The van der Waals surface area contributed by atoms with E-state index in [-0.39, 0.29) is 17.3 Å². The van der Waals surface area contributed by atoms with Gasteiger partial charge in [0.2, 0.25) is 0 Å². The molecule has 1 saturated heterocycles. The molecule has 2 unspecified atom stereocenters. The summed E-state index contributed by atoms with van der Waals surface area (Å²) in [5, 5.41) is 3.05. The lowest BCUT2D eigenvalue weighted by molar-refractivity contribution is -0.118. The lowest BCUT2D eigenvalue weighted by Gasteiger charge is -2.25. The molecular formula is C18H20N6O2. The third-order valence-corrected chi connectivity index (χ3v) is 4.38. The molecule has 0 aliphatic carbocycles. The number of nitrogens with zero attached hydrogens (tertiary/aromatic N) is 3. The van der Waals surface area contributed by atoms with Crippen molar-refractivity contribution in [2.75, 3.05) is 16.8 Å². The minimum Gasteiger partial charge on any atom is -0.365 e. The Morgan fingerprint density at radius 2 is 2.15 bits per heavy atom. The molecule has 3 rings (SSSR count). The Balaban J connectivity index is 1.92. The van der Waals surface area contributed by atoms with Crippen LogP contribution in [0.2, 0.25) is 0 Å². The molecule has 134 valence electrons. The zero-order valence-electron chi connectivity index (χ0n) is 14.1. The van der Waals surface area contributed by atoms with Crippen LogP contribution >= 0.6 is 0 Å². The number of hydrogen-bond acceptors (Lipinski definition) is 7. The molecule has 1 fully saturated rings. The quantitative estimate of drug-likeness (QED) is 0.666. The molecule has 3 heterocycles.